The van der Waals surface area contributed by atoms with Crippen molar-refractivity contribution >= 4 is 35.0 Å². The first kappa shape index (κ1) is 33.5. The molecule has 4 heterocycles. The molecule has 49 heavy (non-hydrogen) atoms. The second-order valence-corrected chi connectivity index (χ2v) is 13.8. The average molecular weight is 700 g/mol. The second kappa shape index (κ2) is 14.8. The van der Waals surface area contributed by atoms with Gasteiger partial charge in [0.1, 0.15) is 0 Å². The van der Waals surface area contributed by atoms with Gasteiger partial charge in [0, 0.05) is 84.1 Å². The molecule has 4 aromatic rings. The number of carbonyl (C=O) groups is 2. The molecule has 2 fully saturated rings. The number of methoxy groups -OCH3 is 1. The maximum absolute atomic E-state index is 11.6. The molecule has 2 saturated heterocycles. The van der Waals surface area contributed by atoms with Crippen molar-refractivity contribution in [1.82, 2.24) is 31.2 Å². The molecular formula is C38H40Cl2N6O3. The average Bonchev–Trinajstić information content (AvgIpc) is 3.74. The Bertz CT molecular complexity index is 1880. The minimum Gasteiger partial charge on any atom is -0.481 e. The van der Waals surface area contributed by atoms with E-state index in [1.165, 1.54) is 5.56 Å². The fourth-order valence-corrected chi connectivity index (χ4v) is 7.80. The van der Waals surface area contributed by atoms with Gasteiger partial charge < -0.3 is 26.0 Å². The van der Waals surface area contributed by atoms with E-state index in [1.807, 2.05) is 48.5 Å². The van der Waals surface area contributed by atoms with Crippen molar-refractivity contribution in [3.8, 4) is 39.5 Å². The number of nitrogens with one attached hydrogen (secondary N) is 4. The molecule has 7 rings (SSSR count). The molecule has 11 heteroatoms. The molecule has 9 nitrogen and oxygen atoms in total. The predicted octanol–water partition coefficient (Wildman–Crippen LogP) is 6.41. The minimum absolute atomic E-state index is 0.105. The number of hydrogen-bond acceptors (Lipinski definition) is 7. The number of rotatable bonds is 11. The van der Waals surface area contributed by atoms with Crippen molar-refractivity contribution in [2.75, 3.05) is 20.2 Å². The van der Waals surface area contributed by atoms with Crippen LogP contribution in [0.15, 0.2) is 60.7 Å². The SMILES string of the molecule is COc1nc(-c2cccc(-c3cccc(-c4ccc5c(n4)CCC[C@@H]5NC[C@@H]4CCC(=O)N4)c3Cl)c2Cl)ccc1CNC[C@@H]1CCC(=O)N1. The Hall–Kier alpha value is -4.02. The molecule has 2 amide bonds. The first-order valence-corrected chi connectivity index (χ1v) is 17.8. The zero-order valence-electron chi connectivity index (χ0n) is 27.5. The summed E-state index contributed by atoms with van der Waals surface area (Å²) >= 11 is 14.3. The molecule has 0 bridgehead atoms. The first-order valence-electron chi connectivity index (χ1n) is 17.0. The van der Waals surface area contributed by atoms with Gasteiger partial charge in [0.2, 0.25) is 17.7 Å². The number of hydrogen-bond donors (Lipinski definition) is 4. The topological polar surface area (TPSA) is 117 Å². The quantitative estimate of drug-likeness (QED) is 0.143. The number of amides is 2. The van der Waals surface area contributed by atoms with E-state index in [-0.39, 0.29) is 29.9 Å². The highest BCUT2D eigenvalue weighted by molar-refractivity contribution is 6.39. The molecule has 0 saturated carbocycles. The van der Waals surface area contributed by atoms with Crippen molar-refractivity contribution in [3.05, 3.63) is 87.5 Å². The normalized spacial score (nSPS) is 20.2. The molecule has 2 aromatic carbocycles. The van der Waals surface area contributed by atoms with Gasteiger partial charge in [-0.15, -0.1) is 0 Å². The van der Waals surface area contributed by atoms with Crippen molar-refractivity contribution < 1.29 is 14.3 Å². The number of halogens is 2. The fraction of sp³-hybridized carbons (Fsp3) is 0.368. The molecule has 0 spiro atoms. The number of nitrogens with zero attached hydrogens (tertiary/aromatic N) is 2. The number of aromatic nitrogens is 2. The smallest absolute Gasteiger partial charge is 0.220 e. The van der Waals surface area contributed by atoms with E-state index in [9.17, 15) is 9.59 Å². The van der Waals surface area contributed by atoms with Crippen molar-refractivity contribution in [1.29, 1.82) is 0 Å². The molecule has 2 aromatic heterocycles. The Labute approximate surface area is 296 Å². The second-order valence-electron chi connectivity index (χ2n) is 13.0. The summed E-state index contributed by atoms with van der Waals surface area (Å²) in [5.41, 5.74) is 7.98. The number of benzene rings is 2. The van der Waals surface area contributed by atoms with Crippen LogP contribution < -0.4 is 26.0 Å². The Morgan fingerprint density at radius 3 is 2.00 bits per heavy atom. The van der Waals surface area contributed by atoms with Gasteiger partial charge in [-0.25, -0.2) is 4.98 Å². The Kier molecular flexibility index (Phi) is 10.1. The highest BCUT2D eigenvalue weighted by atomic mass is 35.5. The Morgan fingerprint density at radius 2 is 1.37 bits per heavy atom. The summed E-state index contributed by atoms with van der Waals surface area (Å²) in [4.78, 5) is 33.1. The largest absolute Gasteiger partial charge is 0.481 e. The molecular weight excluding hydrogens is 659 g/mol. The van der Waals surface area contributed by atoms with E-state index >= 15 is 0 Å². The first-order chi connectivity index (χ1) is 23.9. The van der Waals surface area contributed by atoms with Gasteiger partial charge in [0.25, 0.3) is 0 Å². The van der Waals surface area contributed by atoms with Gasteiger partial charge in [0.15, 0.2) is 0 Å². The minimum atomic E-state index is 0.105. The number of carbonyl (C=O) groups excluding carboxylic acids is 2. The number of ether oxygens (including phenoxy) is 1. The zero-order valence-corrected chi connectivity index (χ0v) is 29.0. The lowest BCUT2D eigenvalue weighted by molar-refractivity contribution is -0.120. The van der Waals surface area contributed by atoms with Crippen LogP contribution in [0.3, 0.4) is 0 Å². The molecule has 254 valence electrons. The molecule has 2 aliphatic heterocycles. The third kappa shape index (κ3) is 7.31. The van der Waals surface area contributed by atoms with Gasteiger partial charge in [-0.3, -0.25) is 14.6 Å². The maximum atomic E-state index is 11.6. The summed E-state index contributed by atoms with van der Waals surface area (Å²) < 4.78 is 5.66. The van der Waals surface area contributed by atoms with Gasteiger partial charge in [-0.2, -0.15) is 0 Å². The van der Waals surface area contributed by atoms with Crippen molar-refractivity contribution in [3.63, 3.8) is 0 Å². The summed E-state index contributed by atoms with van der Waals surface area (Å²) in [5.74, 6) is 0.759. The molecule has 4 N–H and O–H groups in total. The van der Waals surface area contributed by atoms with Crippen LogP contribution in [0.1, 0.15) is 61.4 Å². The van der Waals surface area contributed by atoms with Gasteiger partial charge in [0.05, 0.1) is 28.5 Å². The van der Waals surface area contributed by atoms with Gasteiger partial charge in [-0.05, 0) is 49.8 Å². The van der Waals surface area contributed by atoms with E-state index in [1.54, 1.807) is 7.11 Å². The van der Waals surface area contributed by atoms with Crippen molar-refractivity contribution in [2.24, 2.45) is 0 Å². The summed E-state index contributed by atoms with van der Waals surface area (Å²) in [6.07, 6.45) is 5.91. The van der Waals surface area contributed by atoms with Gasteiger partial charge in [-0.1, -0.05) is 71.7 Å². The zero-order chi connectivity index (χ0) is 33.9. The monoisotopic (exact) mass is 698 g/mol. The molecule has 0 unspecified atom stereocenters. The van der Waals surface area contributed by atoms with E-state index < -0.39 is 0 Å². The van der Waals surface area contributed by atoms with Crippen LogP contribution in [0.5, 0.6) is 5.88 Å². The highest BCUT2D eigenvalue weighted by Gasteiger charge is 2.26. The summed E-state index contributed by atoms with van der Waals surface area (Å²) in [6, 6.07) is 20.6. The lowest BCUT2D eigenvalue weighted by Gasteiger charge is -2.27. The summed E-state index contributed by atoms with van der Waals surface area (Å²) in [5, 5.41) is 14.2. The molecule has 0 radical (unpaired) electrons. The van der Waals surface area contributed by atoms with Crippen LogP contribution in [0.2, 0.25) is 10.0 Å². The third-order valence-corrected chi connectivity index (χ3v) is 10.6. The van der Waals surface area contributed by atoms with Crippen LogP contribution in [0.25, 0.3) is 33.6 Å². The molecule has 3 aliphatic rings. The molecule has 1 aliphatic carbocycles. The number of fused-ring (bicyclic) bond motifs is 1. The fourth-order valence-electron chi connectivity index (χ4n) is 7.15. The summed E-state index contributed by atoms with van der Waals surface area (Å²) in [6.45, 7) is 2.01. The van der Waals surface area contributed by atoms with E-state index in [2.05, 4.69) is 33.4 Å². The van der Waals surface area contributed by atoms with E-state index in [0.29, 0.717) is 47.6 Å². The maximum Gasteiger partial charge on any atom is 0.220 e. The number of aryl methyl sites for hydroxylation is 1. The van der Waals surface area contributed by atoms with Crippen LogP contribution >= 0.6 is 23.2 Å². The van der Waals surface area contributed by atoms with E-state index in [4.69, 9.17) is 37.9 Å². The molecule has 3 atom stereocenters. The third-order valence-electron chi connectivity index (χ3n) is 9.75. The lowest BCUT2D eigenvalue weighted by atomic mass is 9.90. The van der Waals surface area contributed by atoms with Crippen LogP contribution in [0, 0.1) is 0 Å². The summed E-state index contributed by atoms with van der Waals surface area (Å²) in [7, 11) is 1.61. The van der Waals surface area contributed by atoms with Gasteiger partial charge >= 0.3 is 0 Å². The van der Waals surface area contributed by atoms with Crippen LogP contribution in [-0.4, -0.2) is 54.1 Å². The van der Waals surface area contributed by atoms with Crippen LogP contribution in [0.4, 0.5) is 0 Å². The standard InChI is InChI=1S/C38H40Cl2N6O3/c1-49-38-22(19-41-20-23-12-17-34(47)43-23)11-15-33(46-38)29-8-3-6-26(37(29)40)25-5-2-7-28(36(25)39)32-16-14-27-30(9-4-10-31(27)45-32)42-21-24-13-18-35(48)44-24/h2-3,5-8,11,14-16,23-24,30,41-42H,4,9-10,12-13,17-21H2,1H3,(H,43,47)(H,44,48)/t23-,24-,30-/m0/s1. The Morgan fingerprint density at radius 1 is 0.755 bits per heavy atom. The van der Waals surface area contributed by atoms with Crippen LogP contribution in [-0.2, 0) is 22.6 Å². The lowest BCUT2D eigenvalue weighted by Crippen LogP contribution is -2.38. The predicted molar refractivity (Wildman–Crippen MR) is 193 cm³/mol. The number of pyridine rings is 2. The Balaban J connectivity index is 1.10. The highest BCUT2D eigenvalue weighted by Crippen LogP contribution is 2.42. The van der Waals surface area contributed by atoms with Crippen molar-refractivity contribution in [2.45, 2.75) is 69.6 Å². The van der Waals surface area contributed by atoms with E-state index in [0.717, 1.165) is 77.9 Å².